The zero-order chi connectivity index (χ0) is 21.2. The number of anilines is 1. The molecule has 2 aromatic heterocycles. The van der Waals surface area contributed by atoms with Gasteiger partial charge in [-0.2, -0.15) is 0 Å². The van der Waals surface area contributed by atoms with Crippen LogP contribution in [0.1, 0.15) is 45.8 Å². The predicted octanol–water partition coefficient (Wildman–Crippen LogP) is 0.110. The maximum atomic E-state index is 13.0. The van der Waals surface area contributed by atoms with Gasteiger partial charge in [0.25, 0.3) is 0 Å². The number of nitrogens with two attached hydrogens (primary N) is 1. The van der Waals surface area contributed by atoms with Crippen molar-refractivity contribution < 1.29 is 29.3 Å². The molecule has 1 fully saturated rings. The molecule has 0 unspecified atom stereocenters. The highest BCUT2D eigenvalue weighted by molar-refractivity contribution is 5.90. The van der Waals surface area contributed by atoms with E-state index < -0.39 is 42.4 Å². The minimum absolute atomic E-state index is 0.0279. The van der Waals surface area contributed by atoms with E-state index in [1.54, 1.807) is 13.8 Å². The molecule has 0 amide bonds. The molecule has 0 bridgehead atoms. The molecule has 1 aliphatic heterocycles. The van der Waals surface area contributed by atoms with Crippen molar-refractivity contribution in [3.05, 3.63) is 12.7 Å². The number of ether oxygens (including phenoxy) is 2. The molecule has 1 aliphatic rings. The van der Waals surface area contributed by atoms with Gasteiger partial charge in [0, 0.05) is 12.8 Å². The standard InChI is InChI=1S/C18H25N5O6/c1-3-5-11(25)18(27)14(29-12(26)6-4-2)10(7-24)28-17(18)23-9-22-13-15(19)20-8-21-16(13)23/h8-10,14,17,24,27H,3-7H2,1-2H3,(H2,19,20,21)/t10-,14-,17-,18-/m1/s1. The number of aliphatic hydroxyl groups is 2. The van der Waals surface area contributed by atoms with Gasteiger partial charge in [0.2, 0.25) is 5.60 Å². The van der Waals surface area contributed by atoms with E-state index in [2.05, 4.69) is 15.0 Å². The number of hydrogen-bond acceptors (Lipinski definition) is 10. The van der Waals surface area contributed by atoms with Crippen molar-refractivity contribution in [2.24, 2.45) is 0 Å². The lowest BCUT2D eigenvalue weighted by Gasteiger charge is -2.32. The van der Waals surface area contributed by atoms with Gasteiger partial charge in [-0.15, -0.1) is 0 Å². The molecule has 29 heavy (non-hydrogen) atoms. The van der Waals surface area contributed by atoms with Crippen molar-refractivity contribution in [2.75, 3.05) is 12.3 Å². The topological polar surface area (TPSA) is 163 Å². The summed E-state index contributed by atoms with van der Waals surface area (Å²) >= 11 is 0. The fourth-order valence-corrected chi connectivity index (χ4v) is 3.52. The molecule has 0 aromatic carbocycles. The van der Waals surface area contributed by atoms with Crippen LogP contribution in [0.15, 0.2) is 12.7 Å². The van der Waals surface area contributed by atoms with E-state index in [0.29, 0.717) is 12.8 Å². The van der Waals surface area contributed by atoms with Gasteiger partial charge in [0.15, 0.2) is 29.6 Å². The normalized spacial score (nSPS) is 26.7. The average molecular weight is 407 g/mol. The first-order valence-corrected chi connectivity index (χ1v) is 9.52. The molecule has 3 rings (SSSR count). The maximum Gasteiger partial charge on any atom is 0.306 e. The van der Waals surface area contributed by atoms with Gasteiger partial charge in [-0.25, -0.2) is 15.0 Å². The summed E-state index contributed by atoms with van der Waals surface area (Å²) in [6.07, 6.45) is -0.145. The number of nitrogens with zero attached hydrogens (tertiary/aromatic N) is 4. The van der Waals surface area contributed by atoms with Gasteiger partial charge in [-0.3, -0.25) is 14.2 Å². The van der Waals surface area contributed by atoms with E-state index in [-0.39, 0.29) is 29.8 Å². The SMILES string of the molecule is CCCC(=O)O[C@@H]1[C@@H](CO)O[C@@H](n2cnc3c(N)ncnc32)[C@@]1(O)C(=O)CCC. The Bertz CT molecular complexity index is 902. The van der Waals surface area contributed by atoms with E-state index >= 15 is 0 Å². The minimum Gasteiger partial charge on any atom is -0.456 e. The third-order valence-electron chi connectivity index (χ3n) is 4.91. The van der Waals surface area contributed by atoms with Gasteiger partial charge in [0.05, 0.1) is 12.9 Å². The van der Waals surface area contributed by atoms with Crippen LogP contribution in [-0.2, 0) is 19.1 Å². The van der Waals surface area contributed by atoms with Crippen LogP contribution in [0.3, 0.4) is 0 Å². The zero-order valence-electron chi connectivity index (χ0n) is 16.3. The number of Topliss-reactive ketones (excluding diaryl/α,β-unsaturated/α-hetero) is 1. The maximum absolute atomic E-state index is 13.0. The fourth-order valence-electron chi connectivity index (χ4n) is 3.52. The van der Waals surface area contributed by atoms with Crippen molar-refractivity contribution in [3.8, 4) is 0 Å². The molecule has 4 N–H and O–H groups in total. The summed E-state index contributed by atoms with van der Waals surface area (Å²) in [6.45, 7) is 3.02. The molecule has 11 nitrogen and oxygen atoms in total. The lowest BCUT2D eigenvalue weighted by molar-refractivity contribution is -0.173. The molecule has 4 atom stereocenters. The number of fused-ring (bicyclic) bond motifs is 1. The number of esters is 1. The van der Waals surface area contributed by atoms with Crippen LogP contribution in [0.5, 0.6) is 0 Å². The Labute approximate surface area is 166 Å². The lowest BCUT2D eigenvalue weighted by atomic mass is 9.87. The van der Waals surface area contributed by atoms with E-state index in [4.69, 9.17) is 15.2 Å². The van der Waals surface area contributed by atoms with Crippen molar-refractivity contribution in [1.82, 2.24) is 19.5 Å². The van der Waals surface area contributed by atoms with E-state index in [1.165, 1.54) is 17.2 Å². The first kappa shape index (κ1) is 21.1. The second-order valence-electron chi connectivity index (χ2n) is 6.95. The Balaban J connectivity index is 2.10. The van der Waals surface area contributed by atoms with Crippen molar-refractivity contribution >= 4 is 28.7 Å². The number of carbonyl (C=O) groups is 2. The van der Waals surface area contributed by atoms with Crippen molar-refractivity contribution in [1.29, 1.82) is 0 Å². The van der Waals surface area contributed by atoms with E-state index in [1.807, 2.05) is 0 Å². The Hall–Kier alpha value is -2.63. The van der Waals surface area contributed by atoms with Crippen LogP contribution >= 0.6 is 0 Å². The average Bonchev–Trinajstić information content (AvgIpc) is 3.23. The molecule has 2 aromatic rings. The second kappa shape index (κ2) is 8.39. The fraction of sp³-hybridized carbons (Fsp3) is 0.611. The molecular formula is C18H25N5O6. The van der Waals surface area contributed by atoms with Gasteiger partial charge in [0.1, 0.15) is 17.9 Å². The molecule has 0 radical (unpaired) electrons. The number of ketones is 1. The van der Waals surface area contributed by atoms with Crippen molar-refractivity contribution in [2.45, 2.75) is 63.6 Å². The Morgan fingerprint density at radius 1 is 1.28 bits per heavy atom. The summed E-state index contributed by atoms with van der Waals surface area (Å²) in [5, 5.41) is 21.3. The molecule has 0 spiro atoms. The third-order valence-corrected chi connectivity index (χ3v) is 4.91. The summed E-state index contributed by atoms with van der Waals surface area (Å²) < 4.78 is 12.6. The number of carbonyl (C=O) groups excluding carboxylic acids is 2. The Morgan fingerprint density at radius 2 is 2.00 bits per heavy atom. The summed E-state index contributed by atoms with van der Waals surface area (Å²) in [4.78, 5) is 37.3. The molecule has 3 heterocycles. The number of nitrogen functional groups attached to an aromatic ring is 1. The van der Waals surface area contributed by atoms with E-state index in [9.17, 15) is 19.8 Å². The summed E-state index contributed by atoms with van der Waals surface area (Å²) in [5.74, 6) is -1.04. The highest BCUT2D eigenvalue weighted by Gasteiger charge is 2.63. The van der Waals surface area contributed by atoms with Crippen LogP contribution < -0.4 is 5.73 Å². The number of imidazole rings is 1. The third kappa shape index (κ3) is 3.56. The quantitative estimate of drug-likeness (QED) is 0.512. The molecule has 11 heteroatoms. The summed E-state index contributed by atoms with van der Waals surface area (Å²) in [5.41, 5.74) is 4.09. The molecule has 158 valence electrons. The van der Waals surface area contributed by atoms with Gasteiger partial charge >= 0.3 is 5.97 Å². The summed E-state index contributed by atoms with van der Waals surface area (Å²) in [6, 6.07) is 0. The predicted molar refractivity (Wildman–Crippen MR) is 100 cm³/mol. The zero-order valence-corrected chi connectivity index (χ0v) is 16.3. The Kier molecular flexibility index (Phi) is 6.10. The van der Waals surface area contributed by atoms with Crippen LogP contribution in [0.4, 0.5) is 5.82 Å². The highest BCUT2D eigenvalue weighted by atomic mass is 16.6. The second-order valence-corrected chi connectivity index (χ2v) is 6.95. The number of hydrogen-bond donors (Lipinski definition) is 3. The molecule has 1 saturated heterocycles. The summed E-state index contributed by atoms with van der Waals surface area (Å²) in [7, 11) is 0. The Morgan fingerprint density at radius 3 is 2.66 bits per heavy atom. The van der Waals surface area contributed by atoms with Crippen LogP contribution in [0, 0.1) is 0 Å². The van der Waals surface area contributed by atoms with Gasteiger partial charge in [-0.05, 0) is 12.8 Å². The highest BCUT2D eigenvalue weighted by Crippen LogP contribution is 2.43. The molecule has 0 aliphatic carbocycles. The van der Waals surface area contributed by atoms with Gasteiger partial charge < -0.3 is 25.4 Å². The first-order chi connectivity index (χ1) is 13.9. The van der Waals surface area contributed by atoms with E-state index in [0.717, 1.165) is 0 Å². The van der Waals surface area contributed by atoms with Crippen molar-refractivity contribution in [3.63, 3.8) is 0 Å². The number of rotatable bonds is 8. The monoisotopic (exact) mass is 407 g/mol. The number of aromatic nitrogens is 4. The van der Waals surface area contributed by atoms with Gasteiger partial charge in [-0.1, -0.05) is 13.8 Å². The number of aliphatic hydroxyl groups excluding tert-OH is 1. The van der Waals surface area contributed by atoms with Crippen LogP contribution in [-0.4, -0.2) is 65.9 Å². The molecular weight excluding hydrogens is 382 g/mol. The smallest absolute Gasteiger partial charge is 0.306 e. The first-order valence-electron chi connectivity index (χ1n) is 9.52. The lowest BCUT2D eigenvalue weighted by Crippen LogP contribution is -2.55. The van der Waals surface area contributed by atoms with Crippen LogP contribution in [0.25, 0.3) is 11.2 Å². The largest absolute Gasteiger partial charge is 0.456 e. The molecule has 0 saturated carbocycles. The van der Waals surface area contributed by atoms with Crippen LogP contribution in [0.2, 0.25) is 0 Å². The minimum atomic E-state index is -2.24.